The van der Waals surface area contributed by atoms with Gasteiger partial charge in [0.05, 0.1) is 5.69 Å². The fourth-order valence-corrected chi connectivity index (χ4v) is 6.19. The number of carbonyl (C=O) groups excluding carboxylic acids is 1. The summed E-state index contributed by atoms with van der Waals surface area (Å²) in [5.41, 5.74) is 1.87. The van der Waals surface area contributed by atoms with Crippen molar-refractivity contribution >= 4 is 5.91 Å². The normalized spacial score (nSPS) is 33.2. The average Bonchev–Trinajstić information content (AvgIpc) is 3.15. The maximum Gasteiger partial charge on any atom is 0.251 e. The molecule has 1 N–H and O–H groups in total. The monoisotopic (exact) mass is 351 g/mol. The molecule has 6 nitrogen and oxygen atoms in total. The highest BCUT2D eigenvalue weighted by molar-refractivity contribution is 5.94. The number of carbonyl (C=O) groups is 1. The summed E-state index contributed by atoms with van der Waals surface area (Å²) >= 11 is 0. The molecule has 136 valence electrons. The topological polar surface area (TPSA) is 72.7 Å². The summed E-state index contributed by atoms with van der Waals surface area (Å²) in [6.45, 7) is 2.22. The zero-order valence-corrected chi connectivity index (χ0v) is 15.1. The maximum absolute atomic E-state index is 12.8. The van der Waals surface area contributed by atoms with Crippen molar-refractivity contribution in [3.8, 4) is 5.69 Å². The van der Waals surface area contributed by atoms with Crippen molar-refractivity contribution in [1.29, 1.82) is 0 Å². The molecule has 0 unspecified atom stereocenters. The van der Waals surface area contributed by atoms with Gasteiger partial charge in [0.25, 0.3) is 5.91 Å². The third-order valence-corrected chi connectivity index (χ3v) is 7.09. The van der Waals surface area contributed by atoms with Crippen molar-refractivity contribution in [1.82, 2.24) is 25.5 Å². The Kier molecular flexibility index (Phi) is 3.62. The van der Waals surface area contributed by atoms with E-state index in [4.69, 9.17) is 0 Å². The predicted molar refractivity (Wildman–Crippen MR) is 96.7 cm³/mol. The minimum absolute atomic E-state index is 0.0245. The number of tetrazole rings is 1. The van der Waals surface area contributed by atoms with E-state index in [1.807, 2.05) is 24.3 Å². The van der Waals surface area contributed by atoms with Crippen molar-refractivity contribution in [2.45, 2.75) is 51.5 Å². The van der Waals surface area contributed by atoms with E-state index >= 15 is 0 Å². The lowest BCUT2D eigenvalue weighted by atomic mass is 9.48. The summed E-state index contributed by atoms with van der Waals surface area (Å²) in [5.74, 6) is 2.72. The van der Waals surface area contributed by atoms with Crippen molar-refractivity contribution in [2.75, 3.05) is 0 Å². The van der Waals surface area contributed by atoms with Crippen molar-refractivity contribution in [2.24, 2.45) is 23.2 Å². The first-order chi connectivity index (χ1) is 12.6. The van der Waals surface area contributed by atoms with Crippen LogP contribution in [0.1, 0.15) is 55.8 Å². The molecule has 6 heteroatoms. The Morgan fingerprint density at radius 3 is 2.27 bits per heavy atom. The van der Waals surface area contributed by atoms with Gasteiger partial charge in [-0.3, -0.25) is 4.79 Å². The van der Waals surface area contributed by atoms with E-state index in [2.05, 4.69) is 27.8 Å². The van der Waals surface area contributed by atoms with Crippen LogP contribution in [0.25, 0.3) is 5.69 Å². The van der Waals surface area contributed by atoms with Crippen LogP contribution in [-0.4, -0.2) is 32.2 Å². The molecule has 4 bridgehead atoms. The van der Waals surface area contributed by atoms with Gasteiger partial charge < -0.3 is 5.32 Å². The van der Waals surface area contributed by atoms with Gasteiger partial charge in [-0.1, -0.05) is 0 Å². The first kappa shape index (κ1) is 16.0. The Morgan fingerprint density at radius 1 is 1.12 bits per heavy atom. The van der Waals surface area contributed by atoms with Gasteiger partial charge in [-0.25, -0.2) is 4.68 Å². The van der Waals surface area contributed by atoms with Crippen LogP contribution in [0, 0.1) is 23.2 Å². The molecule has 1 aromatic carbocycles. The van der Waals surface area contributed by atoms with Gasteiger partial charge in [0.2, 0.25) is 0 Å². The second-order valence-electron chi connectivity index (χ2n) is 8.78. The fraction of sp³-hybridized carbons (Fsp3) is 0.600. The summed E-state index contributed by atoms with van der Waals surface area (Å²) in [7, 11) is 0. The summed E-state index contributed by atoms with van der Waals surface area (Å²) < 4.78 is 1.58. The van der Waals surface area contributed by atoms with E-state index in [-0.39, 0.29) is 11.9 Å². The molecule has 4 aliphatic rings. The molecular formula is C20H25N5O. The SMILES string of the molecule is C[C@@H](NC(=O)c1ccc(-n2cnnn2)cc1)C12CC3CC(CC(C3)C1)C2. The number of amides is 1. The third-order valence-electron chi connectivity index (χ3n) is 7.09. The Bertz CT molecular complexity index is 763. The molecule has 4 saturated carbocycles. The number of rotatable bonds is 4. The lowest BCUT2D eigenvalue weighted by molar-refractivity contribution is -0.0688. The van der Waals surface area contributed by atoms with E-state index in [0.29, 0.717) is 11.0 Å². The van der Waals surface area contributed by atoms with Crippen LogP contribution < -0.4 is 5.32 Å². The second kappa shape index (κ2) is 5.89. The quantitative estimate of drug-likeness (QED) is 0.919. The van der Waals surface area contributed by atoms with Gasteiger partial charge in [-0.05, 0) is 103 Å². The van der Waals surface area contributed by atoms with Crippen molar-refractivity contribution in [3.63, 3.8) is 0 Å². The molecule has 6 rings (SSSR count). The van der Waals surface area contributed by atoms with E-state index < -0.39 is 0 Å². The van der Waals surface area contributed by atoms with Crippen LogP contribution in [0.5, 0.6) is 0 Å². The van der Waals surface area contributed by atoms with Crippen LogP contribution >= 0.6 is 0 Å². The number of hydrogen-bond acceptors (Lipinski definition) is 4. The van der Waals surface area contributed by atoms with Crippen molar-refractivity contribution < 1.29 is 4.79 Å². The van der Waals surface area contributed by atoms with Gasteiger partial charge in [-0.15, -0.1) is 5.10 Å². The van der Waals surface area contributed by atoms with Gasteiger partial charge in [0.1, 0.15) is 6.33 Å². The summed E-state index contributed by atoms with van der Waals surface area (Å²) in [6.07, 6.45) is 9.75. The maximum atomic E-state index is 12.8. The standard InChI is InChI=1S/C20H25N5O/c1-13(20-9-14-6-15(10-20)8-16(7-14)11-20)22-19(26)17-2-4-18(5-3-17)25-12-21-23-24-25/h2-5,12-16H,6-11H2,1H3,(H,22,26)/t13-,14?,15?,16?,20?/m1/s1. The molecule has 1 heterocycles. The number of nitrogens with one attached hydrogen (secondary N) is 1. The molecule has 4 fully saturated rings. The molecule has 1 atom stereocenters. The van der Waals surface area contributed by atoms with Gasteiger partial charge in [-0.2, -0.15) is 0 Å². The highest BCUT2D eigenvalue weighted by Crippen LogP contribution is 2.61. The Morgan fingerprint density at radius 2 is 1.73 bits per heavy atom. The summed E-state index contributed by atoms with van der Waals surface area (Å²) in [4.78, 5) is 12.8. The largest absolute Gasteiger partial charge is 0.349 e. The molecule has 1 amide bonds. The molecule has 1 aromatic heterocycles. The van der Waals surface area contributed by atoms with Gasteiger partial charge in [0.15, 0.2) is 0 Å². The Balaban J connectivity index is 1.29. The molecule has 26 heavy (non-hydrogen) atoms. The first-order valence-corrected chi connectivity index (χ1v) is 9.76. The molecule has 0 aliphatic heterocycles. The zero-order valence-electron chi connectivity index (χ0n) is 15.1. The predicted octanol–water partition coefficient (Wildman–Crippen LogP) is 3.00. The highest BCUT2D eigenvalue weighted by Gasteiger charge is 2.53. The fourth-order valence-electron chi connectivity index (χ4n) is 6.19. The van der Waals surface area contributed by atoms with E-state index in [9.17, 15) is 4.79 Å². The van der Waals surface area contributed by atoms with Gasteiger partial charge >= 0.3 is 0 Å². The van der Waals surface area contributed by atoms with Crippen LogP contribution in [0.3, 0.4) is 0 Å². The Labute approximate surface area is 153 Å². The minimum Gasteiger partial charge on any atom is -0.349 e. The van der Waals surface area contributed by atoms with E-state index in [1.54, 1.807) is 11.0 Å². The molecule has 2 aromatic rings. The molecule has 4 aliphatic carbocycles. The van der Waals surface area contributed by atoms with Crippen LogP contribution in [0.15, 0.2) is 30.6 Å². The van der Waals surface area contributed by atoms with Gasteiger partial charge in [0, 0.05) is 11.6 Å². The molecule has 0 spiro atoms. The molecule has 0 saturated heterocycles. The highest BCUT2D eigenvalue weighted by atomic mass is 16.1. The zero-order chi connectivity index (χ0) is 17.7. The third kappa shape index (κ3) is 2.63. The Hall–Kier alpha value is -2.24. The second-order valence-corrected chi connectivity index (χ2v) is 8.78. The first-order valence-electron chi connectivity index (χ1n) is 9.76. The minimum atomic E-state index is 0.0245. The number of aromatic nitrogens is 4. The smallest absolute Gasteiger partial charge is 0.251 e. The van der Waals surface area contributed by atoms with Crippen LogP contribution in [0.2, 0.25) is 0 Å². The average molecular weight is 351 g/mol. The van der Waals surface area contributed by atoms with Crippen molar-refractivity contribution in [3.05, 3.63) is 36.2 Å². The molecular weight excluding hydrogens is 326 g/mol. The number of benzene rings is 1. The number of nitrogens with zero attached hydrogens (tertiary/aromatic N) is 4. The summed E-state index contributed by atoms with van der Waals surface area (Å²) in [6, 6.07) is 7.68. The van der Waals surface area contributed by atoms with E-state index in [0.717, 1.165) is 23.4 Å². The lowest BCUT2D eigenvalue weighted by Crippen LogP contribution is -2.55. The van der Waals surface area contributed by atoms with E-state index in [1.165, 1.54) is 38.5 Å². The molecule has 0 radical (unpaired) electrons. The number of hydrogen-bond donors (Lipinski definition) is 1. The van der Waals surface area contributed by atoms with Crippen LogP contribution in [-0.2, 0) is 0 Å². The summed E-state index contributed by atoms with van der Waals surface area (Å²) in [5, 5.41) is 14.5. The van der Waals surface area contributed by atoms with Crippen LogP contribution in [0.4, 0.5) is 0 Å². The lowest BCUT2D eigenvalue weighted by Gasteiger charge is -2.59.